The molecular weight excluding hydrogens is 464 g/mol. The zero-order valence-electron chi connectivity index (χ0n) is 20.1. The number of hydrogen-bond acceptors (Lipinski definition) is 4. The molecule has 6 nitrogen and oxygen atoms in total. The second-order valence-corrected chi connectivity index (χ2v) is 8.50. The maximum atomic E-state index is 13.5. The number of methoxy groups -OCH3 is 1. The predicted molar refractivity (Wildman–Crippen MR) is 138 cm³/mol. The van der Waals surface area contributed by atoms with Crippen LogP contribution < -0.4 is 14.8 Å². The maximum Gasteiger partial charge on any atom is 0.261 e. The number of hydrogen-bond donors (Lipinski definition) is 1. The molecule has 3 aromatic carbocycles. The van der Waals surface area contributed by atoms with Gasteiger partial charge in [-0.05, 0) is 41.8 Å². The molecule has 0 spiro atoms. The average Bonchev–Trinajstić information content (AvgIpc) is 2.89. The molecule has 0 heterocycles. The lowest BCUT2D eigenvalue weighted by molar-refractivity contribution is -0.142. The van der Waals surface area contributed by atoms with Crippen LogP contribution in [0.2, 0.25) is 5.02 Å². The summed E-state index contributed by atoms with van der Waals surface area (Å²) in [5.74, 6) is 0.571. The first-order valence-corrected chi connectivity index (χ1v) is 12.0. The molecule has 0 saturated heterocycles. The highest BCUT2D eigenvalue weighted by atomic mass is 35.5. The molecule has 35 heavy (non-hydrogen) atoms. The van der Waals surface area contributed by atoms with E-state index in [-0.39, 0.29) is 25.0 Å². The van der Waals surface area contributed by atoms with Gasteiger partial charge >= 0.3 is 0 Å². The predicted octanol–water partition coefficient (Wildman–Crippen LogP) is 4.89. The molecule has 0 aliphatic carbocycles. The zero-order chi connectivity index (χ0) is 25.0. The fourth-order valence-electron chi connectivity index (χ4n) is 3.67. The minimum Gasteiger partial charge on any atom is -0.497 e. The smallest absolute Gasteiger partial charge is 0.261 e. The van der Waals surface area contributed by atoms with E-state index < -0.39 is 6.04 Å². The Balaban J connectivity index is 1.91. The zero-order valence-corrected chi connectivity index (χ0v) is 20.8. The molecule has 2 amide bonds. The number of carbonyl (C=O) groups is 2. The minimum absolute atomic E-state index is 0.204. The van der Waals surface area contributed by atoms with E-state index in [1.807, 2.05) is 61.5 Å². The lowest BCUT2D eigenvalue weighted by Gasteiger charge is -2.31. The van der Waals surface area contributed by atoms with Gasteiger partial charge in [0.2, 0.25) is 5.91 Å². The first-order valence-electron chi connectivity index (χ1n) is 11.6. The fraction of sp³-hybridized carbons (Fsp3) is 0.286. The molecule has 7 heteroatoms. The van der Waals surface area contributed by atoms with E-state index in [2.05, 4.69) is 5.32 Å². The van der Waals surface area contributed by atoms with Crippen molar-refractivity contribution in [1.29, 1.82) is 0 Å². The van der Waals surface area contributed by atoms with E-state index in [1.54, 1.807) is 36.3 Å². The van der Waals surface area contributed by atoms with Crippen LogP contribution in [0.1, 0.15) is 24.5 Å². The SMILES string of the molecule is CCCNC(=O)[C@@H](Cc1ccccc1)N(Cc1cccc(OC)c1)C(=O)COc1ccccc1Cl. The monoisotopic (exact) mass is 494 g/mol. The van der Waals surface area contributed by atoms with Crippen molar-refractivity contribution in [3.05, 3.63) is 95.0 Å². The highest BCUT2D eigenvalue weighted by Crippen LogP contribution is 2.24. The number of halogens is 1. The van der Waals surface area contributed by atoms with E-state index in [0.717, 1.165) is 17.5 Å². The summed E-state index contributed by atoms with van der Waals surface area (Å²) < 4.78 is 11.1. The molecule has 3 rings (SSSR count). The van der Waals surface area contributed by atoms with Crippen molar-refractivity contribution < 1.29 is 19.1 Å². The summed E-state index contributed by atoms with van der Waals surface area (Å²) in [7, 11) is 1.59. The van der Waals surface area contributed by atoms with Gasteiger partial charge in [0.25, 0.3) is 5.91 Å². The van der Waals surface area contributed by atoms with Gasteiger partial charge in [0, 0.05) is 19.5 Å². The quantitative estimate of drug-likeness (QED) is 0.389. The fourth-order valence-corrected chi connectivity index (χ4v) is 3.86. The van der Waals surface area contributed by atoms with Gasteiger partial charge in [0.1, 0.15) is 17.5 Å². The second-order valence-electron chi connectivity index (χ2n) is 8.09. The Bertz CT molecular complexity index is 1110. The molecule has 0 fully saturated rings. The van der Waals surface area contributed by atoms with Gasteiger partial charge in [-0.2, -0.15) is 0 Å². The van der Waals surface area contributed by atoms with Crippen LogP contribution in [0.4, 0.5) is 0 Å². The summed E-state index contributed by atoms with van der Waals surface area (Å²) in [6.07, 6.45) is 1.17. The Morgan fingerprint density at radius 2 is 1.69 bits per heavy atom. The highest BCUT2D eigenvalue weighted by Gasteiger charge is 2.30. The van der Waals surface area contributed by atoms with Gasteiger partial charge in [0.15, 0.2) is 6.61 Å². The summed E-state index contributed by atoms with van der Waals surface area (Å²) in [6, 6.07) is 23.4. The first kappa shape index (κ1) is 26.1. The number of carbonyl (C=O) groups excluding carboxylic acids is 2. The molecule has 1 atom stereocenters. The first-order chi connectivity index (χ1) is 17.0. The lowest BCUT2D eigenvalue weighted by Crippen LogP contribution is -2.51. The third-order valence-electron chi connectivity index (χ3n) is 5.50. The second kappa shape index (κ2) is 13.4. The van der Waals surface area contributed by atoms with E-state index in [1.165, 1.54) is 0 Å². The number of nitrogens with one attached hydrogen (secondary N) is 1. The lowest BCUT2D eigenvalue weighted by atomic mass is 10.0. The Kier molecular flexibility index (Phi) is 9.99. The van der Waals surface area contributed by atoms with Gasteiger partial charge < -0.3 is 19.7 Å². The van der Waals surface area contributed by atoms with Crippen molar-refractivity contribution >= 4 is 23.4 Å². The number of rotatable bonds is 12. The van der Waals surface area contributed by atoms with Crippen molar-refractivity contribution in [2.45, 2.75) is 32.4 Å². The largest absolute Gasteiger partial charge is 0.497 e. The molecule has 184 valence electrons. The Hall–Kier alpha value is -3.51. The summed E-state index contributed by atoms with van der Waals surface area (Å²) in [4.78, 5) is 28.4. The van der Waals surface area contributed by atoms with Crippen LogP contribution in [0.3, 0.4) is 0 Å². The van der Waals surface area contributed by atoms with Crippen molar-refractivity contribution in [2.75, 3.05) is 20.3 Å². The summed E-state index contributed by atoms with van der Waals surface area (Å²) in [6.45, 7) is 2.49. The van der Waals surface area contributed by atoms with Crippen molar-refractivity contribution in [3.8, 4) is 11.5 Å². The van der Waals surface area contributed by atoms with Crippen molar-refractivity contribution in [2.24, 2.45) is 0 Å². The van der Waals surface area contributed by atoms with Gasteiger partial charge in [-0.25, -0.2) is 0 Å². The van der Waals surface area contributed by atoms with Gasteiger partial charge in [-0.15, -0.1) is 0 Å². The molecule has 0 bridgehead atoms. The Morgan fingerprint density at radius 3 is 2.40 bits per heavy atom. The van der Waals surface area contributed by atoms with E-state index in [9.17, 15) is 9.59 Å². The third kappa shape index (κ3) is 7.76. The van der Waals surface area contributed by atoms with Gasteiger partial charge in [0.05, 0.1) is 12.1 Å². The molecule has 3 aromatic rings. The van der Waals surface area contributed by atoms with Crippen LogP contribution >= 0.6 is 11.6 Å². The topological polar surface area (TPSA) is 67.9 Å². The third-order valence-corrected chi connectivity index (χ3v) is 5.81. The molecule has 0 saturated carbocycles. The van der Waals surface area contributed by atoms with Crippen molar-refractivity contribution in [1.82, 2.24) is 10.2 Å². The van der Waals surface area contributed by atoms with Gasteiger partial charge in [-0.3, -0.25) is 9.59 Å². The van der Waals surface area contributed by atoms with Crippen LogP contribution in [0.25, 0.3) is 0 Å². The standard InChI is InChI=1S/C28H31ClN2O4/c1-3-16-30-28(33)25(18-21-10-5-4-6-11-21)31(19-22-12-9-13-23(17-22)34-2)27(32)20-35-26-15-8-7-14-24(26)29/h4-15,17,25H,3,16,18-20H2,1-2H3,(H,30,33)/t25-/m1/s1. The summed E-state index contributed by atoms with van der Waals surface area (Å²) >= 11 is 6.20. The number of para-hydroxylation sites is 1. The van der Waals surface area contributed by atoms with E-state index >= 15 is 0 Å². The number of ether oxygens (including phenoxy) is 2. The van der Waals surface area contributed by atoms with Crippen molar-refractivity contribution in [3.63, 3.8) is 0 Å². The minimum atomic E-state index is -0.725. The Labute approximate surface area is 211 Å². The molecular formula is C28H31ClN2O4. The highest BCUT2D eigenvalue weighted by molar-refractivity contribution is 6.32. The average molecular weight is 495 g/mol. The molecule has 0 unspecified atom stereocenters. The number of benzene rings is 3. The molecule has 0 radical (unpaired) electrons. The van der Waals surface area contributed by atoms with E-state index in [0.29, 0.717) is 29.5 Å². The molecule has 0 aliphatic heterocycles. The van der Waals surface area contributed by atoms with Crippen LogP contribution in [0.5, 0.6) is 11.5 Å². The van der Waals surface area contributed by atoms with Crippen LogP contribution in [0.15, 0.2) is 78.9 Å². The van der Waals surface area contributed by atoms with E-state index in [4.69, 9.17) is 21.1 Å². The Morgan fingerprint density at radius 1 is 0.971 bits per heavy atom. The van der Waals surface area contributed by atoms with Crippen LogP contribution in [-0.2, 0) is 22.6 Å². The van der Waals surface area contributed by atoms with Crippen LogP contribution in [-0.4, -0.2) is 43.0 Å². The van der Waals surface area contributed by atoms with Gasteiger partial charge in [-0.1, -0.05) is 73.1 Å². The van der Waals surface area contributed by atoms with Crippen LogP contribution in [0, 0.1) is 0 Å². The number of amides is 2. The maximum absolute atomic E-state index is 13.5. The molecule has 0 aromatic heterocycles. The number of nitrogens with zero attached hydrogens (tertiary/aromatic N) is 1. The summed E-state index contributed by atoms with van der Waals surface area (Å²) in [5.41, 5.74) is 1.80. The molecule has 1 N–H and O–H groups in total. The normalized spacial score (nSPS) is 11.4. The summed E-state index contributed by atoms with van der Waals surface area (Å²) in [5, 5.41) is 3.38. The molecule has 0 aliphatic rings.